The predicted octanol–water partition coefficient (Wildman–Crippen LogP) is 1.33. The fraction of sp³-hybridized carbons (Fsp3) is 0.429. The van der Waals surface area contributed by atoms with E-state index in [9.17, 15) is 9.59 Å². The van der Waals surface area contributed by atoms with Crippen LogP contribution in [0.5, 0.6) is 0 Å². The van der Waals surface area contributed by atoms with Gasteiger partial charge in [-0.15, -0.1) is 12.4 Å². The van der Waals surface area contributed by atoms with Crippen molar-refractivity contribution in [2.45, 2.75) is 26.3 Å². The predicted molar refractivity (Wildman–Crippen MR) is 81.5 cm³/mol. The Morgan fingerprint density at radius 1 is 1.35 bits per heavy atom. The van der Waals surface area contributed by atoms with Crippen LogP contribution in [0.1, 0.15) is 29.8 Å². The van der Waals surface area contributed by atoms with Crippen LogP contribution in [-0.2, 0) is 11.2 Å². The molecule has 0 saturated heterocycles. The van der Waals surface area contributed by atoms with E-state index in [4.69, 9.17) is 0 Å². The monoisotopic (exact) mass is 297 g/mol. The van der Waals surface area contributed by atoms with Gasteiger partial charge in [0.25, 0.3) is 5.91 Å². The lowest BCUT2D eigenvalue weighted by Gasteiger charge is -2.09. The molecule has 0 saturated carbocycles. The number of hydrogen-bond donors (Lipinski definition) is 3. The zero-order valence-electron chi connectivity index (χ0n) is 11.7. The molecule has 20 heavy (non-hydrogen) atoms. The maximum absolute atomic E-state index is 11.9. The Labute approximate surface area is 124 Å². The molecule has 0 radical (unpaired) electrons. The van der Waals surface area contributed by atoms with Crippen molar-refractivity contribution in [1.82, 2.24) is 10.6 Å². The van der Waals surface area contributed by atoms with E-state index >= 15 is 0 Å². The average Bonchev–Trinajstić information content (AvgIpc) is 2.82. The second-order valence-electron chi connectivity index (χ2n) is 4.95. The van der Waals surface area contributed by atoms with Crippen LogP contribution >= 0.6 is 12.4 Å². The fourth-order valence-electron chi connectivity index (χ4n) is 2.08. The van der Waals surface area contributed by atoms with Gasteiger partial charge in [-0.25, -0.2) is 0 Å². The van der Waals surface area contributed by atoms with E-state index in [-0.39, 0.29) is 36.8 Å². The van der Waals surface area contributed by atoms with Crippen LogP contribution in [0.3, 0.4) is 0 Å². The lowest BCUT2D eigenvalue weighted by molar-refractivity contribution is -0.120. The Morgan fingerprint density at radius 2 is 2.10 bits per heavy atom. The number of carbonyl (C=O) groups is 2. The summed E-state index contributed by atoms with van der Waals surface area (Å²) in [6.45, 7) is 4.68. The third-order valence-corrected chi connectivity index (χ3v) is 2.94. The summed E-state index contributed by atoms with van der Waals surface area (Å²) in [5, 5.41) is 8.59. The molecule has 110 valence electrons. The molecule has 0 fully saturated rings. The van der Waals surface area contributed by atoms with Gasteiger partial charge in [-0.3, -0.25) is 9.59 Å². The molecule has 1 aromatic rings. The van der Waals surface area contributed by atoms with Crippen LogP contribution in [0.25, 0.3) is 0 Å². The van der Waals surface area contributed by atoms with Crippen LogP contribution in [-0.4, -0.2) is 30.9 Å². The summed E-state index contributed by atoms with van der Waals surface area (Å²) in [5.41, 5.74) is 2.84. The van der Waals surface area contributed by atoms with Gasteiger partial charge in [-0.2, -0.15) is 0 Å². The SMILES string of the molecule is CC(C)NC(=O)CNC(=O)c1ccc2c(c1)CCN2.Cl. The summed E-state index contributed by atoms with van der Waals surface area (Å²) in [4.78, 5) is 23.4. The molecular formula is C14H20ClN3O2. The van der Waals surface area contributed by atoms with Crippen LogP contribution < -0.4 is 16.0 Å². The summed E-state index contributed by atoms with van der Waals surface area (Å²) in [6, 6.07) is 5.64. The van der Waals surface area contributed by atoms with Crippen molar-refractivity contribution >= 4 is 29.9 Å². The average molecular weight is 298 g/mol. The maximum atomic E-state index is 11.9. The molecular weight excluding hydrogens is 278 g/mol. The van der Waals surface area contributed by atoms with Crippen molar-refractivity contribution in [3.05, 3.63) is 29.3 Å². The maximum Gasteiger partial charge on any atom is 0.251 e. The number of rotatable bonds is 4. The van der Waals surface area contributed by atoms with E-state index in [0.717, 1.165) is 24.2 Å². The van der Waals surface area contributed by atoms with Gasteiger partial charge >= 0.3 is 0 Å². The molecule has 2 rings (SSSR count). The number of benzene rings is 1. The largest absolute Gasteiger partial charge is 0.384 e. The summed E-state index contributed by atoms with van der Waals surface area (Å²) in [7, 11) is 0. The molecule has 1 aliphatic rings. The molecule has 2 amide bonds. The first-order chi connectivity index (χ1) is 9.06. The zero-order chi connectivity index (χ0) is 13.8. The van der Waals surface area contributed by atoms with Gasteiger partial charge in [0.05, 0.1) is 6.54 Å². The van der Waals surface area contributed by atoms with Crippen LogP contribution in [0.2, 0.25) is 0 Å². The molecule has 0 aliphatic carbocycles. The summed E-state index contributed by atoms with van der Waals surface area (Å²) >= 11 is 0. The number of amides is 2. The highest BCUT2D eigenvalue weighted by Crippen LogP contribution is 2.22. The smallest absolute Gasteiger partial charge is 0.251 e. The van der Waals surface area contributed by atoms with Crippen molar-refractivity contribution in [1.29, 1.82) is 0 Å². The van der Waals surface area contributed by atoms with Gasteiger partial charge < -0.3 is 16.0 Å². The highest BCUT2D eigenvalue weighted by atomic mass is 35.5. The molecule has 1 heterocycles. The summed E-state index contributed by atoms with van der Waals surface area (Å²) in [6.07, 6.45) is 0.935. The Morgan fingerprint density at radius 3 is 2.80 bits per heavy atom. The van der Waals surface area contributed by atoms with Crippen molar-refractivity contribution in [2.24, 2.45) is 0 Å². The summed E-state index contributed by atoms with van der Waals surface area (Å²) in [5.74, 6) is -0.389. The second kappa shape index (κ2) is 7.14. The van der Waals surface area contributed by atoms with E-state index in [2.05, 4.69) is 16.0 Å². The molecule has 0 atom stereocenters. The van der Waals surface area contributed by atoms with E-state index in [0.29, 0.717) is 5.56 Å². The number of anilines is 1. The quantitative estimate of drug-likeness (QED) is 0.785. The molecule has 0 bridgehead atoms. The molecule has 3 N–H and O–H groups in total. The minimum atomic E-state index is -0.214. The Bertz CT molecular complexity index is 503. The normalized spacial score (nSPS) is 12.2. The van der Waals surface area contributed by atoms with Crippen molar-refractivity contribution in [3.63, 3.8) is 0 Å². The Hall–Kier alpha value is -1.75. The number of carbonyl (C=O) groups excluding carboxylic acids is 2. The van der Waals surface area contributed by atoms with E-state index in [1.54, 1.807) is 6.07 Å². The summed E-state index contributed by atoms with van der Waals surface area (Å²) < 4.78 is 0. The molecule has 1 aromatic carbocycles. The minimum Gasteiger partial charge on any atom is -0.384 e. The van der Waals surface area contributed by atoms with Gasteiger partial charge in [-0.05, 0) is 44.0 Å². The van der Waals surface area contributed by atoms with Gasteiger partial charge in [0.1, 0.15) is 0 Å². The van der Waals surface area contributed by atoms with Crippen molar-refractivity contribution < 1.29 is 9.59 Å². The lowest BCUT2D eigenvalue weighted by Crippen LogP contribution is -2.39. The van der Waals surface area contributed by atoms with E-state index in [1.807, 2.05) is 26.0 Å². The van der Waals surface area contributed by atoms with E-state index in [1.165, 1.54) is 0 Å². The third kappa shape index (κ3) is 4.13. The highest BCUT2D eigenvalue weighted by Gasteiger charge is 2.14. The van der Waals surface area contributed by atoms with Gasteiger partial charge in [0.2, 0.25) is 5.91 Å². The molecule has 0 aromatic heterocycles. The van der Waals surface area contributed by atoms with Gasteiger partial charge in [-0.1, -0.05) is 0 Å². The second-order valence-corrected chi connectivity index (χ2v) is 4.95. The molecule has 5 nitrogen and oxygen atoms in total. The molecule has 6 heteroatoms. The fourth-order valence-corrected chi connectivity index (χ4v) is 2.08. The van der Waals surface area contributed by atoms with Gasteiger partial charge in [0.15, 0.2) is 0 Å². The molecule has 0 unspecified atom stereocenters. The Kier molecular flexibility index (Phi) is 5.82. The van der Waals surface area contributed by atoms with Gasteiger partial charge in [0, 0.05) is 23.8 Å². The molecule has 0 spiro atoms. The van der Waals surface area contributed by atoms with E-state index < -0.39 is 0 Å². The molecule has 1 aliphatic heterocycles. The Balaban J connectivity index is 0.00000200. The number of nitrogens with one attached hydrogen (secondary N) is 3. The zero-order valence-corrected chi connectivity index (χ0v) is 12.5. The standard InChI is InChI=1S/C14H19N3O2.ClH/c1-9(2)17-13(18)8-16-14(19)11-3-4-12-10(7-11)5-6-15-12;/h3-4,7,9,15H,5-6,8H2,1-2H3,(H,16,19)(H,17,18);1H. The third-order valence-electron chi connectivity index (χ3n) is 2.94. The van der Waals surface area contributed by atoms with Crippen LogP contribution in [0.4, 0.5) is 5.69 Å². The first kappa shape index (κ1) is 16.3. The number of halogens is 1. The van der Waals surface area contributed by atoms with Crippen molar-refractivity contribution in [3.8, 4) is 0 Å². The minimum absolute atomic E-state index is 0. The van der Waals surface area contributed by atoms with Crippen LogP contribution in [0, 0.1) is 0 Å². The highest BCUT2D eigenvalue weighted by molar-refractivity contribution is 5.97. The first-order valence-corrected chi connectivity index (χ1v) is 6.50. The topological polar surface area (TPSA) is 70.2 Å². The lowest BCUT2D eigenvalue weighted by atomic mass is 10.1. The number of fused-ring (bicyclic) bond motifs is 1. The number of hydrogen-bond acceptors (Lipinski definition) is 3. The van der Waals surface area contributed by atoms with Crippen molar-refractivity contribution in [2.75, 3.05) is 18.4 Å². The van der Waals surface area contributed by atoms with Crippen LogP contribution in [0.15, 0.2) is 18.2 Å². The first-order valence-electron chi connectivity index (χ1n) is 6.50.